The normalized spacial score (nSPS) is 17.3. The van der Waals surface area contributed by atoms with Crippen molar-refractivity contribution in [1.29, 1.82) is 5.26 Å². The highest BCUT2D eigenvalue weighted by Crippen LogP contribution is 2.32. The summed E-state index contributed by atoms with van der Waals surface area (Å²) < 4.78 is 27.3. The molecule has 17 heavy (non-hydrogen) atoms. The van der Waals surface area contributed by atoms with Gasteiger partial charge in [-0.1, -0.05) is 24.5 Å². The van der Waals surface area contributed by atoms with E-state index < -0.39 is 6.43 Å². The molecule has 1 aliphatic carbocycles. The minimum Gasteiger partial charge on any atom is -0.240 e. The summed E-state index contributed by atoms with van der Waals surface area (Å²) in [5.74, 6) is 0. The van der Waals surface area contributed by atoms with Gasteiger partial charge in [0.1, 0.15) is 11.4 Å². The van der Waals surface area contributed by atoms with E-state index in [9.17, 15) is 8.78 Å². The zero-order valence-corrected chi connectivity index (χ0v) is 9.44. The average Bonchev–Trinajstić information content (AvgIpc) is 2.74. The molecular formula is C11H14F2N4. The molecule has 0 radical (unpaired) electrons. The van der Waals surface area contributed by atoms with Crippen LogP contribution in [0.5, 0.6) is 0 Å². The molecule has 0 N–H and O–H groups in total. The fourth-order valence-electron chi connectivity index (χ4n) is 2.36. The van der Waals surface area contributed by atoms with Crippen molar-refractivity contribution in [2.45, 2.75) is 51.0 Å². The van der Waals surface area contributed by atoms with Crippen LogP contribution in [0.4, 0.5) is 8.78 Å². The Labute approximate surface area is 98.2 Å². The van der Waals surface area contributed by atoms with Crippen molar-refractivity contribution in [2.24, 2.45) is 0 Å². The minimum absolute atomic E-state index is 0.0210. The van der Waals surface area contributed by atoms with E-state index in [1.165, 1.54) is 4.68 Å². The van der Waals surface area contributed by atoms with Gasteiger partial charge in [0, 0.05) is 0 Å². The smallest absolute Gasteiger partial charge is 0.240 e. The number of halogens is 2. The Morgan fingerprint density at radius 2 is 2.06 bits per heavy atom. The van der Waals surface area contributed by atoms with Crippen LogP contribution in [0.1, 0.15) is 56.0 Å². The maximum Gasteiger partial charge on any atom is 0.281 e. The first-order valence-electron chi connectivity index (χ1n) is 5.83. The summed E-state index contributed by atoms with van der Waals surface area (Å²) in [5.41, 5.74) is -0.0495. The van der Waals surface area contributed by atoms with Crippen LogP contribution in [0.2, 0.25) is 0 Å². The van der Waals surface area contributed by atoms with E-state index in [-0.39, 0.29) is 23.9 Å². The van der Waals surface area contributed by atoms with Crippen molar-refractivity contribution in [1.82, 2.24) is 15.0 Å². The molecule has 1 aromatic heterocycles. The van der Waals surface area contributed by atoms with Gasteiger partial charge in [-0.25, -0.2) is 13.5 Å². The van der Waals surface area contributed by atoms with Crippen LogP contribution >= 0.6 is 0 Å². The molecule has 0 spiro atoms. The summed E-state index contributed by atoms with van der Waals surface area (Å²) in [4.78, 5) is 0. The van der Waals surface area contributed by atoms with E-state index in [2.05, 4.69) is 10.3 Å². The summed E-state index contributed by atoms with van der Waals surface area (Å²) in [6.07, 6.45) is 2.26. The average molecular weight is 240 g/mol. The van der Waals surface area contributed by atoms with Gasteiger partial charge in [-0.3, -0.25) is 0 Å². The lowest BCUT2D eigenvalue weighted by molar-refractivity contribution is 0.131. The zero-order valence-electron chi connectivity index (χ0n) is 9.44. The summed E-state index contributed by atoms with van der Waals surface area (Å²) >= 11 is 0. The molecule has 1 aromatic rings. The second-order valence-electron chi connectivity index (χ2n) is 4.29. The molecule has 0 atom stereocenters. The van der Waals surface area contributed by atoms with Gasteiger partial charge in [0.2, 0.25) is 0 Å². The van der Waals surface area contributed by atoms with Crippen molar-refractivity contribution in [2.75, 3.05) is 0 Å². The van der Waals surface area contributed by atoms with Gasteiger partial charge in [-0.2, -0.15) is 5.26 Å². The van der Waals surface area contributed by atoms with Gasteiger partial charge in [-0.05, 0) is 12.8 Å². The topological polar surface area (TPSA) is 54.5 Å². The van der Waals surface area contributed by atoms with Crippen LogP contribution in [0.3, 0.4) is 0 Å². The maximum absolute atomic E-state index is 13.0. The second kappa shape index (κ2) is 5.21. The van der Waals surface area contributed by atoms with Crippen molar-refractivity contribution >= 4 is 0 Å². The van der Waals surface area contributed by atoms with Crippen LogP contribution in [0.25, 0.3) is 0 Å². The predicted octanol–water partition coefficient (Wildman–Crippen LogP) is 2.79. The zero-order chi connectivity index (χ0) is 12.3. The molecule has 1 fully saturated rings. The lowest BCUT2D eigenvalue weighted by atomic mass is 9.95. The number of hydrogen-bond acceptors (Lipinski definition) is 3. The molecule has 1 saturated carbocycles. The Hall–Kier alpha value is -1.51. The van der Waals surface area contributed by atoms with Crippen LogP contribution < -0.4 is 0 Å². The fourth-order valence-corrected chi connectivity index (χ4v) is 2.36. The van der Waals surface area contributed by atoms with Crippen LogP contribution in [0, 0.1) is 11.3 Å². The van der Waals surface area contributed by atoms with Gasteiger partial charge < -0.3 is 0 Å². The van der Waals surface area contributed by atoms with Crippen LogP contribution in [-0.2, 0) is 6.42 Å². The van der Waals surface area contributed by atoms with Crippen molar-refractivity contribution in [3.8, 4) is 6.07 Å². The van der Waals surface area contributed by atoms with E-state index in [1.807, 2.05) is 6.07 Å². The van der Waals surface area contributed by atoms with E-state index in [1.54, 1.807) is 0 Å². The third kappa shape index (κ3) is 2.43. The third-order valence-electron chi connectivity index (χ3n) is 3.18. The Morgan fingerprint density at radius 1 is 1.35 bits per heavy atom. The number of rotatable bonds is 3. The standard InChI is InChI=1S/C11H14F2N4/c12-11(13)10-9(6-7-14)15-16-17(10)8-4-2-1-3-5-8/h8,11H,1-6H2. The number of hydrogen-bond donors (Lipinski definition) is 0. The van der Waals surface area contributed by atoms with Gasteiger partial charge in [0.15, 0.2) is 0 Å². The Morgan fingerprint density at radius 3 is 2.65 bits per heavy atom. The predicted molar refractivity (Wildman–Crippen MR) is 56.4 cm³/mol. The highest BCUT2D eigenvalue weighted by Gasteiger charge is 2.26. The number of nitriles is 1. The summed E-state index contributed by atoms with van der Waals surface area (Å²) in [7, 11) is 0. The van der Waals surface area contributed by atoms with E-state index in [0.717, 1.165) is 32.1 Å². The Balaban J connectivity index is 2.29. The summed E-state index contributed by atoms with van der Waals surface area (Å²) in [5, 5.41) is 16.1. The van der Waals surface area contributed by atoms with Crippen molar-refractivity contribution in [3.05, 3.63) is 11.4 Å². The van der Waals surface area contributed by atoms with E-state index >= 15 is 0 Å². The fraction of sp³-hybridized carbons (Fsp3) is 0.727. The van der Waals surface area contributed by atoms with Crippen molar-refractivity contribution in [3.63, 3.8) is 0 Å². The molecular weight excluding hydrogens is 226 g/mol. The van der Waals surface area contributed by atoms with E-state index in [4.69, 9.17) is 5.26 Å². The molecule has 0 saturated heterocycles. The third-order valence-corrected chi connectivity index (χ3v) is 3.18. The monoisotopic (exact) mass is 240 g/mol. The lowest BCUT2D eigenvalue weighted by Gasteiger charge is -2.23. The molecule has 6 heteroatoms. The summed E-state index contributed by atoms with van der Waals surface area (Å²) in [6, 6.07) is 1.87. The van der Waals surface area contributed by atoms with Gasteiger partial charge in [0.05, 0.1) is 18.5 Å². The number of aromatic nitrogens is 3. The van der Waals surface area contributed by atoms with E-state index in [0.29, 0.717) is 0 Å². The lowest BCUT2D eigenvalue weighted by Crippen LogP contribution is -2.17. The Kier molecular flexibility index (Phi) is 3.67. The molecule has 4 nitrogen and oxygen atoms in total. The number of alkyl halides is 2. The maximum atomic E-state index is 13.0. The number of nitrogens with zero attached hydrogens (tertiary/aromatic N) is 4. The van der Waals surface area contributed by atoms with Gasteiger partial charge in [-0.15, -0.1) is 5.10 Å². The molecule has 0 aliphatic heterocycles. The van der Waals surface area contributed by atoms with Crippen LogP contribution in [-0.4, -0.2) is 15.0 Å². The van der Waals surface area contributed by atoms with Crippen LogP contribution in [0.15, 0.2) is 0 Å². The van der Waals surface area contributed by atoms with Crippen molar-refractivity contribution < 1.29 is 8.78 Å². The molecule has 0 bridgehead atoms. The SMILES string of the molecule is N#CCc1nnn(C2CCCCC2)c1C(F)F. The quantitative estimate of drug-likeness (QED) is 0.816. The second-order valence-corrected chi connectivity index (χ2v) is 4.29. The molecule has 1 aliphatic rings. The molecule has 0 amide bonds. The molecule has 2 rings (SSSR count). The highest BCUT2D eigenvalue weighted by molar-refractivity contribution is 5.16. The molecule has 1 heterocycles. The molecule has 92 valence electrons. The summed E-state index contributed by atoms with van der Waals surface area (Å²) in [6.45, 7) is 0. The first kappa shape index (κ1) is 12.0. The van der Waals surface area contributed by atoms with Gasteiger partial charge in [0.25, 0.3) is 6.43 Å². The Bertz CT molecular complexity index is 416. The van der Waals surface area contributed by atoms with Gasteiger partial charge >= 0.3 is 0 Å². The molecule has 0 aromatic carbocycles. The minimum atomic E-state index is -2.62. The highest BCUT2D eigenvalue weighted by atomic mass is 19.3. The first-order chi connectivity index (χ1) is 8.24. The first-order valence-corrected chi connectivity index (χ1v) is 5.83. The largest absolute Gasteiger partial charge is 0.281 e. The molecule has 0 unspecified atom stereocenters.